The molecular weight excluding hydrogens is 324 g/mol. The smallest absolute Gasteiger partial charge is 0.326 e. The molecule has 1 aromatic carbocycles. The molecule has 0 fully saturated rings. The summed E-state index contributed by atoms with van der Waals surface area (Å²) < 4.78 is 4.52. The Hall–Kier alpha value is -2.41. The summed E-state index contributed by atoms with van der Waals surface area (Å²) in [5.41, 5.74) is 6.63. The van der Waals surface area contributed by atoms with Crippen LogP contribution >= 0.6 is 0 Å². The predicted molar refractivity (Wildman–Crippen MR) is 94.8 cm³/mol. The van der Waals surface area contributed by atoms with Crippen LogP contribution in [0, 0.1) is 5.92 Å². The minimum absolute atomic E-state index is 0.262. The standard InChI is InChI=1S/C10H13NO2.C8H15NO3/c1-13-10(12)9(11)7-8-5-3-2-4-6-8;1-5(2)4-7(8(11)12)9-6(3)10/h2-6,9H,7,11H2,1H3;5,7H,4H2,1-3H3,(H,9,10)(H,11,12)/t9-;7-/m00/s1. The third-order valence-electron chi connectivity index (χ3n) is 3.19. The van der Waals surface area contributed by atoms with Gasteiger partial charge in [-0.3, -0.25) is 9.59 Å². The lowest BCUT2D eigenvalue weighted by Crippen LogP contribution is -2.40. The minimum atomic E-state index is -0.973. The number of esters is 1. The normalized spacial score (nSPS) is 12.4. The van der Waals surface area contributed by atoms with Gasteiger partial charge in [-0.25, -0.2) is 4.79 Å². The van der Waals surface area contributed by atoms with E-state index >= 15 is 0 Å². The number of carboxylic acid groups (broad SMARTS) is 1. The second-order valence-corrected chi connectivity index (χ2v) is 6.04. The first-order valence-electron chi connectivity index (χ1n) is 8.04. The van der Waals surface area contributed by atoms with Gasteiger partial charge in [-0.05, 0) is 24.3 Å². The summed E-state index contributed by atoms with van der Waals surface area (Å²) >= 11 is 0. The van der Waals surface area contributed by atoms with Gasteiger partial charge in [0.25, 0.3) is 0 Å². The van der Waals surface area contributed by atoms with Crippen LogP contribution in [-0.2, 0) is 25.5 Å². The van der Waals surface area contributed by atoms with Gasteiger partial charge in [-0.15, -0.1) is 0 Å². The molecule has 0 aliphatic rings. The van der Waals surface area contributed by atoms with E-state index in [1.54, 1.807) is 0 Å². The van der Waals surface area contributed by atoms with Gasteiger partial charge < -0.3 is 20.9 Å². The van der Waals surface area contributed by atoms with E-state index in [0.717, 1.165) is 5.56 Å². The van der Waals surface area contributed by atoms with Crippen LogP contribution < -0.4 is 11.1 Å². The summed E-state index contributed by atoms with van der Waals surface area (Å²) in [6, 6.07) is 8.31. The zero-order valence-electron chi connectivity index (χ0n) is 15.2. The highest BCUT2D eigenvalue weighted by atomic mass is 16.5. The molecule has 7 nitrogen and oxygen atoms in total. The number of carboxylic acids is 1. The zero-order valence-corrected chi connectivity index (χ0v) is 15.2. The molecule has 1 aromatic rings. The highest BCUT2D eigenvalue weighted by Gasteiger charge is 2.19. The highest BCUT2D eigenvalue weighted by Crippen LogP contribution is 2.04. The quantitative estimate of drug-likeness (QED) is 0.637. The molecule has 7 heteroatoms. The van der Waals surface area contributed by atoms with Crippen molar-refractivity contribution in [1.82, 2.24) is 5.32 Å². The van der Waals surface area contributed by atoms with Crippen molar-refractivity contribution in [2.24, 2.45) is 11.7 Å². The van der Waals surface area contributed by atoms with Gasteiger partial charge in [0, 0.05) is 6.92 Å². The summed E-state index contributed by atoms with van der Waals surface area (Å²) in [4.78, 5) is 32.1. The molecule has 140 valence electrons. The van der Waals surface area contributed by atoms with Gasteiger partial charge in [0.05, 0.1) is 7.11 Å². The summed E-state index contributed by atoms with van der Waals surface area (Å²) in [5.74, 6) is -1.39. The fraction of sp³-hybridized carbons (Fsp3) is 0.500. The molecule has 0 saturated carbocycles. The monoisotopic (exact) mass is 352 g/mol. The molecule has 0 spiro atoms. The van der Waals surface area contributed by atoms with Gasteiger partial charge in [-0.1, -0.05) is 44.2 Å². The second kappa shape index (κ2) is 12.0. The van der Waals surface area contributed by atoms with Crippen LogP contribution in [0.2, 0.25) is 0 Å². The van der Waals surface area contributed by atoms with Crippen LogP contribution in [0.3, 0.4) is 0 Å². The van der Waals surface area contributed by atoms with Crippen molar-refractivity contribution >= 4 is 17.8 Å². The molecule has 2 atom stereocenters. The first-order chi connectivity index (χ1) is 11.7. The largest absolute Gasteiger partial charge is 0.480 e. The third-order valence-corrected chi connectivity index (χ3v) is 3.19. The molecule has 0 aliphatic heterocycles. The Balaban J connectivity index is 0.000000463. The van der Waals surface area contributed by atoms with Crippen LogP contribution in [0.4, 0.5) is 0 Å². The van der Waals surface area contributed by atoms with Crippen molar-refractivity contribution in [2.45, 2.75) is 45.7 Å². The van der Waals surface area contributed by atoms with Crippen molar-refractivity contribution < 1.29 is 24.2 Å². The molecule has 25 heavy (non-hydrogen) atoms. The molecule has 1 amide bonds. The predicted octanol–water partition coefficient (Wildman–Crippen LogP) is 1.35. The summed E-state index contributed by atoms with van der Waals surface area (Å²) in [7, 11) is 1.34. The molecule has 1 rings (SSSR count). The van der Waals surface area contributed by atoms with Gasteiger partial charge in [0.2, 0.25) is 5.91 Å². The molecular formula is C18H28N2O5. The molecule has 0 radical (unpaired) electrons. The topological polar surface area (TPSA) is 119 Å². The fourth-order valence-electron chi connectivity index (χ4n) is 2.04. The van der Waals surface area contributed by atoms with Crippen molar-refractivity contribution in [1.29, 1.82) is 0 Å². The van der Waals surface area contributed by atoms with Crippen LogP contribution in [0.15, 0.2) is 30.3 Å². The Bertz CT molecular complexity index is 546. The van der Waals surface area contributed by atoms with E-state index < -0.39 is 18.1 Å². The Morgan fingerprint density at radius 2 is 1.76 bits per heavy atom. The van der Waals surface area contributed by atoms with Crippen LogP contribution in [0.1, 0.15) is 32.8 Å². The maximum absolute atomic E-state index is 11.0. The molecule has 0 heterocycles. The van der Waals surface area contributed by atoms with Crippen molar-refractivity contribution in [3.63, 3.8) is 0 Å². The molecule has 0 unspecified atom stereocenters. The maximum Gasteiger partial charge on any atom is 0.326 e. The fourth-order valence-corrected chi connectivity index (χ4v) is 2.04. The highest BCUT2D eigenvalue weighted by molar-refractivity contribution is 5.82. The van der Waals surface area contributed by atoms with E-state index in [2.05, 4.69) is 10.1 Å². The zero-order chi connectivity index (χ0) is 19.4. The molecule has 4 N–H and O–H groups in total. The summed E-state index contributed by atoms with van der Waals surface area (Å²) in [6.07, 6.45) is 0.989. The lowest BCUT2D eigenvalue weighted by Gasteiger charge is -2.14. The number of amides is 1. The number of methoxy groups -OCH3 is 1. The van der Waals surface area contributed by atoms with Gasteiger partial charge in [-0.2, -0.15) is 0 Å². The lowest BCUT2D eigenvalue weighted by atomic mass is 10.0. The number of aliphatic carboxylic acids is 1. The first-order valence-corrected chi connectivity index (χ1v) is 8.04. The number of hydrogen-bond donors (Lipinski definition) is 3. The Morgan fingerprint density at radius 1 is 1.20 bits per heavy atom. The summed E-state index contributed by atoms with van der Waals surface area (Å²) in [5, 5.41) is 11.0. The van der Waals surface area contributed by atoms with Crippen molar-refractivity contribution in [3.05, 3.63) is 35.9 Å². The van der Waals surface area contributed by atoms with E-state index in [-0.39, 0.29) is 17.8 Å². The Morgan fingerprint density at radius 3 is 2.16 bits per heavy atom. The number of benzene rings is 1. The van der Waals surface area contributed by atoms with E-state index in [4.69, 9.17) is 10.8 Å². The number of hydrogen-bond acceptors (Lipinski definition) is 5. The number of nitrogens with one attached hydrogen (secondary N) is 1. The van der Waals surface area contributed by atoms with Crippen molar-refractivity contribution in [3.8, 4) is 0 Å². The average molecular weight is 352 g/mol. The molecule has 0 aromatic heterocycles. The van der Waals surface area contributed by atoms with Gasteiger partial charge in [0.15, 0.2) is 0 Å². The molecule has 0 bridgehead atoms. The number of carbonyl (C=O) groups excluding carboxylic acids is 2. The number of ether oxygens (including phenoxy) is 1. The van der Waals surface area contributed by atoms with E-state index in [1.807, 2.05) is 44.2 Å². The first kappa shape index (κ1) is 22.6. The van der Waals surface area contributed by atoms with Crippen LogP contribution in [-0.4, -0.2) is 42.1 Å². The average Bonchev–Trinajstić information content (AvgIpc) is 2.54. The minimum Gasteiger partial charge on any atom is -0.480 e. The van der Waals surface area contributed by atoms with Gasteiger partial charge in [0.1, 0.15) is 12.1 Å². The number of carbonyl (C=O) groups is 3. The van der Waals surface area contributed by atoms with E-state index in [0.29, 0.717) is 12.8 Å². The number of rotatable bonds is 7. The molecule has 0 aliphatic carbocycles. The SMILES string of the molecule is CC(=O)N[C@@H](CC(C)C)C(=O)O.COC(=O)[C@@H](N)Cc1ccccc1. The van der Waals surface area contributed by atoms with Crippen LogP contribution in [0.5, 0.6) is 0 Å². The summed E-state index contributed by atoms with van der Waals surface area (Å²) in [6.45, 7) is 5.14. The lowest BCUT2D eigenvalue weighted by molar-refractivity contribution is -0.142. The van der Waals surface area contributed by atoms with Gasteiger partial charge >= 0.3 is 11.9 Å². The molecule has 0 saturated heterocycles. The van der Waals surface area contributed by atoms with E-state index in [9.17, 15) is 14.4 Å². The van der Waals surface area contributed by atoms with E-state index in [1.165, 1.54) is 14.0 Å². The Labute approximate surface area is 148 Å². The second-order valence-electron chi connectivity index (χ2n) is 6.04. The van der Waals surface area contributed by atoms with Crippen molar-refractivity contribution in [2.75, 3.05) is 7.11 Å². The maximum atomic E-state index is 11.0. The number of nitrogens with two attached hydrogens (primary N) is 1. The third kappa shape index (κ3) is 10.9. The van der Waals surface area contributed by atoms with Crippen LogP contribution in [0.25, 0.3) is 0 Å². The Kier molecular flexibility index (Phi) is 10.9.